The Labute approximate surface area is 141 Å². The quantitative estimate of drug-likeness (QED) is 0.671. The molecule has 1 heterocycles. The van der Waals surface area contributed by atoms with Crippen LogP contribution in [0, 0.1) is 17.2 Å². The molecule has 0 spiro atoms. The predicted octanol–water partition coefficient (Wildman–Crippen LogP) is 2.36. The molecule has 0 bridgehead atoms. The molecule has 0 aromatic rings. The normalized spacial score (nSPS) is 18.5. The van der Waals surface area contributed by atoms with Crippen LogP contribution in [-0.4, -0.2) is 62.7 Å². The predicted molar refractivity (Wildman–Crippen MR) is 75.5 cm³/mol. The lowest BCUT2D eigenvalue weighted by atomic mass is 9.94. The smallest absolute Gasteiger partial charge is 0.453 e. The van der Waals surface area contributed by atoms with Crippen molar-refractivity contribution in [1.29, 1.82) is 5.26 Å². The van der Waals surface area contributed by atoms with Crippen LogP contribution >= 0.6 is 0 Å². The van der Waals surface area contributed by atoms with Gasteiger partial charge in [0.15, 0.2) is 15.1 Å². The Kier molecular flexibility index (Phi) is 6.61. The molecule has 1 amide bonds. The van der Waals surface area contributed by atoms with Gasteiger partial charge in [0.1, 0.15) is 0 Å². The maximum atomic E-state index is 12.9. The van der Waals surface area contributed by atoms with Crippen molar-refractivity contribution in [3.05, 3.63) is 0 Å². The lowest BCUT2D eigenvalue weighted by molar-refractivity contribution is -0.282. The minimum atomic E-state index is -5.85. The Morgan fingerprint density at radius 3 is 2.20 bits per heavy atom. The van der Waals surface area contributed by atoms with Crippen LogP contribution in [0.25, 0.3) is 0 Å². The first-order valence-corrected chi connectivity index (χ1v) is 8.96. The number of methoxy groups -OCH3 is 1. The molecule has 1 unspecified atom stereocenters. The zero-order valence-electron chi connectivity index (χ0n) is 13.2. The lowest BCUT2D eigenvalue weighted by Gasteiger charge is -2.32. The SMILES string of the molecule is COC(=O)N1CCC(C(C#N)S(=O)(=O)CCC(F)(F)C(F)(F)F)CC1. The molecule has 1 atom stereocenters. The summed E-state index contributed by atoms with van der Waals surface area (Å²) in [6.45, 7) is 0.202. The number of hydrogen-bond donors (Lipinski definition) is 0. The number of halogens is 5. The number of carbonyl (C=O) groups is 1. The Hall–Kier alpha value is -1.64. The number of piperidine rings is 1. The van der Waals surface area contributed by atoms with E-state index in [9.17, 15) is 35.2 Å². The van der Waals surface area contributed by atoms with Crippen LogP contribution in [0.5, 0.6) is 0 Å². The summed E-state index contributed by atoms with van der Waals surface area (Å²) in [6.07, 6.45) is -8.21. The van der Waals surface area contributed by atoms with E-state index in [2.05, 4.69) is 4.74 Å². The van der Waals surface area contributed by atoms with Crippen LogP contribution in [-0.2, 0) is 14.6 Å². The summed E-state index contributed by atoms with van der Waals surface area (Å²) in [5.41, 5.74) is 0. The van der Waals surface area contributed by atoms with E-state index in [0.717, 1.165) is 7.11 Å². The number of ether oxygens (including phenoxy) is 1. The molecule has 1 fully saturated rings. The van der Waals surface area contributed by atoms with Gasteiger partial charge < -0.3 is 9.64 Å². The first-order valence-electron chi connectivity index (χ1n) is 7.24. The summed E-state index contributed by atoms with van der Waals surface area (Å²) in [5, 5.41) is 7.38. The fraction of sp³-hybridized carbons (Fsp3) is 0.846. The first kappa shape index (κ1) is 21.4. The van der Waals surface area contributed by atoms with E-state index >= 15 is 0 Å². The summed E-state index contributed by atoms with van der Waals surface area (Å²) in [7, 11) is -3.32. The third-order valence-electron chi connectivity index (χ3n) is 4.03. The van der Waals surface area contributed by atoms with E-state index in [-0.39, 0.29) is 25.9 Å². The summed E-state index contributed by atoms with van der Waals surface area (Å²) in [4.78, 5) is 12.6. The molecule has 1 saturated heterocycles. The molecule has 6 nitrogen and oxygen atoms in total. The van der Waals surface area contributed by atoms with E-state index in [1.807, 2.05) is 0 Å². The van der Waals surface area contributed by atoms with Gasteiger partial charge in [-0.1, -0.05) is 0 Å². The van der Waals surface area contributed by atoms with Crippen LogP contribution in [0.2, 0.25) is 0 Å². The fourth-order valence-corrected chi connectivity index (χ4v) is 4.35. The van der Waals surface area contributed by atoms with Crippen molar-refractivity contribution >= 4 is 15.9 Å². The molecule has 1 rings (SSSR count). The molecular weight excluding hydrogens is 375 g/mol. The zero-order chi connectivity index (χ0) is 19.5. The molecular formula is C13H17F5N2O4S. The number of rotatable bonds is 5. The van der Waals surface area contributed by atoms with Gasteiger partial charge in [0.05, 0.1) is 18.9 Å². The number of nitriles is 1. The van der Waals surface area contributed by atoms with Crippen molar-refractivity contribution in [2.45, 2.75) is 36.6 Å². The van der Waals surface area contributed by atoms with E-state index < -0.39 is 51.4 Å². The number of likely N-dealkylation sites (tertiary alicyclic amines) is 1. The van der Waals surface area contributed by atoms with Gasteiger partial charge in [0.2, 0.25) is 0 Å². The van der Waals surface area contributed by atoms with Crippen molar-refractivity contribution < 1.29 is 39.9 Å². The van der Waals surface area contributed by atoms with Gasteiger partial charge in [-0.05, 0) is 18.8 Å². The minimum absolute atomic E-state index is 0.0994. The molecule has 0 saturated carbocycles. The van der Waals surface area contributed by atoms with Crippen LogP contribution < -0.4 is 0 Å². The Bertz CT molecular complexity index is 621. The van der Waals surface area contributed by atoms with Gasteiger partial charge >= 0.3 is 18.2 Å². The van der Waals surface area contributed by atoms with Crippen molar-refractivity contribution in [3.8, 4) is 6.07 Å². The number of amides is 1. The molecule has 1 aliphatic heterocycles. The highest BCUT2D eigenvalue weighted by Crippen LogP contribution is 2.38. The van der Waals surface area contributed by atoms with E-state index in [1.165, 1.54) is 11.0 Å². The van der Waals surface area contributed by atoms with Gasteiger partial charge in [-0.25, -0.2) is 13.2 Å². The van der Waals surface area contributed by atoms with Gasteiger partial charge in [-0.2, -0.15) is 27.2 Å². The molecule has 144 valence electrons. The zero-order valence-corrected chi connectivity index (χ0v) is 14.0. The largest absolute Gasteiger partial charge is 0.453 e. The molecule has 0 aromatic carbocycles. The number of hydrogen-bond acceptors (Lipinski definition) is 5. The van der Waals surface area contributed by atoms with Crippen molar-refractivity contribution in [2.75, 3.05) is 26.0 Å². The average Bonchev–Trinajstić information content (AvgIpc) is 2.52. The second-order valence-corrected chi connectivity index (χ2v) is 7.91. The maximum Gasteiger partial charge on any atom is 0.453 e. The highest BCUT2D eigenvalue weighted by atomic mass is 32.2. The first-order chi connectivity index (χ1) is 11.4. The Morgan fingerprint density at radius 1 is 1.28 bits per heavy atom. The lowest BCUT2D eigenvalue weighted by Crippen LogP contribution is -2.44. The highest BCUT2D eigenvalue weighted by molar-refractivity contribution is 7.92. The fourth-order valence-electron chi connectivity index (χ4n) is 2.53. The van der Waals surface area contributed by atoms with E-state index in [1.54, 1.807) is 0 Å². The second kappa shape index (κ2) is 7.72. The van der Waals surface area contributed by atoms with Crippen LogP contribution in [0.3, 0.4) is 0 Å². The third-order valence-corrected chi connectivity index (χ3v) is 6.07. The highest BCUT2D eigenvalue weighted by Gasteiger charge is 2.57. The second-order valence-electron chi connectivity index (χ2n) is 5.66. The Morgan fingerprint density at radius 2 is 1.80 bits per heavy atom. The number of sulfone groups is 1. The monoisotopic (exact) mass is 392 g/mol. The van der Waals surface area contributed by atoms with E-state index in [4.69, 9.17) is 5.26 Å². The molecule has 0 aliphatic carbocycles. The number of alkyl halides is 5. The molecule has 1 aliphatic rings. The van der Waals surface area contributed by atoms with Gasteiger partial charge in [-0.3, -0.25) is 0 Å². The minimum Gasteiger partial charge on any atom is -0.453 e. The summed E-state index contributed by atoms with van der Waals surface area (Å²) >= 11 is 0. The van der Waals surface area contributed by atoms with Gasteiger partial charge in [-0.15, -0.1) is 0 Å². The molecule has 0 radical (unpaired) electrons. The van der Waals surface area contributed by atoms with Crippen LogP contribution in [0.1, 0.15) is 19.3 Å². The van der Waals surface area contributed by atoms with Crippen molar-refractivity contribution in [2.24, 2.45) is 5.92 Å². The number of carbonyl (C=O) groups excluding carboxylic acids is 1. The van der Waals surface area contributed by atoms with E-state index in [0.29, 0.717) is 0 Å². The molecule has 25 heavy (non-hydrogen) atoms. The van der Waals surface area contributed by atoms with Gasteiger partial charge in [0, 0.05) is 19.5 Å². The number of nitrogens with zero attached hydrogens (tertiary/aromatic N) is 2. The molecule has 12 heteroatoms. The third kappa shape index (κ3) is 5.17. The van der Waals surface area contributed by atoms with Crippen molar-refractivity contribution in [1.82, 2.24) is 4.90 Å². The van der Waals surface area contributed by atoms with Crippen LogP contribution in [0.15, 0.2) is 0 Å². The summed E-state index contributed by atoms with van der Waals surface area (Å²) < 4.78 is 90.9. The standard InChI is InChI=1S/C13H17F5N2O4S/c1-24-11(21)20-5-2-9(3-6-20)10(8-19)25(22,23)7-4-12(14,15)13(16,17)18/h9-10H,2-7H2,1H3. The maximum absolute atomic E-state index is 12.9. The topological polar surface area (TPSA) is 87.5 Å². The summed E-state index contributed by atoms with van der Waals surface area (Å²) in [5.74, 6) is -7.35. The van der Waals surface area contributed by atoms with Crippen LogP contribution in [0.4, 0.5) is 26.7 Å². The summed E-state index contributed by atoms with van der Waals surface area (Å²) in [6, 6.07) is 1.50. The Balaban J connectivity index is 2.76. The van der Waals surface area contributed by atoms with Crippen molar-refractivity contribution in [3.63, 3.8) is 0 Å². The molecule has 0 aromatic heterocycles. The average molecular weight is 392 g/mol. The van der Waals surface area contributed by atoms with Gasteiger partial charge in [0.25, 0.3) is 0 Å². The molecule has 0 N–H and O–H groups in total.